The Kier molecular flexibility index (Phi) is 11.5. The molecule has 0 bridgehead atoms. The fourth-order valence-electron chi connectivity index (χ4n) is 5.24. The molecule has 0 aliphatic rings. The highest BCUT2D eigenvalue weighted by atomic mass is 16.5. The Morgan fingerprint density at radius 3 is 1.50 bits per heavy atom. The zero-order chi connectivity index (χ0) is 33.7. The molecule has 0 heterocycles. The molecule has 5 heteroatoms. The standard InChI is InChI=1S/C43H39NO4/c1-4-42(45)47-29-27-33-15-21-38(22-16-33)44(39-23-17-34(18-24-39)28-30-48-43(46)32(2)3)40-25-19-35(20-26-40)31-41(36-11-7-5-8-12-36)37-13-9-6-10-14-37/h4-26,31H,1-2,27-30H2,3H3. The number of hydrogen-bond donors (Lipinski definition) is 0. The molecule has 0 amide bonds. The van der Waals surface area contributed by atoms with E-state index in [2.05, 4.69) is 145 Å². The van der Waals surface area contributed by atoms with E-state index >= 15 is 0 Å². The summed E-state index contributed by atoms with van der Waals surface area (Å²) in [6, 6.07) is 45.9. The fourth-order valence-corrected chi connectivity index (χ4v) is 5.24. The number of rotatable bonds is 14. The summed E-state index contributed by atoms with van der Waals surface area (Å²) in [5, 5.41) is 0. The van der Waals surface area contributed by atoms with Crippen LogP contribution in [0.4, 0.5) is 17.1 Å². The first-order chi connectivity index (χ1) is 23.4. The number of esters is 2. The average Bonchev–Trinajstić information content (AvgIpc) is 3.13. The largest absolute Gasteiger partial charge is 0.462 e. The van der Waals surface area contributed by atoms with Crippen molar-refractivity contribution in [3.63, 3.8) is 0 Å². The molecular weight excluding hydrogens is 594 g/mol. The Hall–Kier alpha value is -5.94. The van der Waals surface area contributed by atoms with Gasteiger partial charge in [-0.1, -0.05) is 110 Å². The molecule has 0 atom stereocenters. The van der Waals surface area contributed by atoms with Gasteiger partial charge >= 0.3 is 11.9 Å². The van der Waals surface area contributed by atoms with Gasteiger partial charge in [-0.3, -0.25) is 0 Å². The summed E-state index contributed by atoms with van der Waals surface area (Å²) in [4.78, 5) is 25.4. The van der Waals surface area contributed by atoms with E-state index in [-0.39, 0.29) is 5.97 Å². The van der Waals surface area contributed by atoms with Crippen LogP contribution < -0.4 is 4.90 Å². The molecule has 0 spiro atoms. The van der Waals surface area contributed by atoms with Crippen LogP contribution in [0.3, 0.4) is 0 Å². The van der Waals surface area contributed by atoms with E-state index in [1.54, 1.807) is 6.92 Å². The van der Waals surface area contributed by atoms with Crippen LogP contribution in [0.2, 0.25) is 0 Å². The SMILES string of the molecule is C=CC(=O)OCCc1ccc(N(c2ccc(C=C(c3ccccc3)c3ccccc3)cc2)c2ccc(CCOC(=O)C(=C)C)cc2)cc1. The second-order valence-electron chi connectivity index (χ2n) is 11.3. The van der Waals surface area contributed by atoms with E-state index in [9.17, 15) is 9.59 Å². The monoisotopic (exact) mass is 633 g/mol. The molecule has 0 saturated heterocycles. The van der Waals surface area contributed by atoms with Gasteiger partial charge in [0.15, 0.2) is 0 Å². The highest BCUT2D eigenvalue weighted by Gasteiger charge is 2.14. The third kappa shape index (κ3) is 9.08. The summed E-state index contributed by atoms with van der Waals surface area (Å²) < 4.78 is 10.5. The molecule has 0 radical (unpaired) electrons. The van der Waals surface area contributed by atoms with Crippen LogP contribution in [0.1, 0.15) is 34.7 Å². The topological polar surface area (TPSA) is 55.8 Å². The number of carbonyl (C=O) groups excluding carboxylic acids is 2. The van der Waals surface area contributed by atoms with E-state index in [4.69, 9.17) is 9.47 Å². The quantitative estimate of drug-likeness (QED) is 0.0692. The van der Waals surface area contributed by atoms with E-state index in [0.29, 0.717) is 31.6 Å². The molecule has 0 aromatic heterocycles. The van der Waals surface area contributed by atoms with Crippen LogP contribution in [0.5, 0.6) is 0 Å². The van der Waals surface area contributed by atoms with Gasteiger partial charge in [0.25, 0.3) is 0 Å². The Bertz CT molecular complexity index is 1820. The molecule has 5 aromatic rings. The molecule has 48 heavy (non-hydrogen) atoms. The van der Waals surface area contributed by atoms with E-state index < -0.39 is 5.97 Å². The summed E-state index contributed by atoms with van der Waals surface area (Å²) in [6.07, 6.45) is 4.61. The minimum Gasteiger partial charge on any atom is -0.462 e. The van der Waals surface area contributed by atoms with Gasteiger partial charge in [0.1, 0.15) is 0 Å². The predicted octanol–water partition coefficient (Wildman–Crippen LogP) is 9.68. The molecule has 0 aliphatic carbocycles. The number of nitrogens with zero attached hydrogens (tertiary/aromatic N) is 1. The minimum absolute atomic E-state index is 0.292. The number of anilines is 3. The Morgan fingerprint density at radius 2 is 1.06 bits per heavy atom. The second-order valence-corrected chi connectivity index (χ2v) is 11.3. The van der Waals surface area contributed by atoms with Gasteiger partial charge in [-0.15, -0.1) is 0 Å². The molecule has 0 aliphatic heterocycles. The maximum atomic E-state index is 11.8. The molecule has 5 rings (SSSR count). The number of ether oxygens (including phenoxy) is 2. The zero-order valence-corrected chi connectivity index (χ0v) is 27.2. The lowest BCUT2D eigenvalue weighted by molar-refractivity contribution is -0.139. The van der Waals surface area contributed by atoms with Crippen molar-refractivity contribution in [2.45, 2.75) is 19.8 Å². The van der Waals surface area contributed by atoms with Crippen LogP contribution in [0.25, 0.3) is 11.6 Å². The lowest BCUT2D eigenvalue weighted by atomic mass is 9.95. The highest BCUT2D eigenvalue weighted by Crippen LogP contribution is 2.35. The van der Waals surface area contributed by atoms with Crippen LogP contribution in [0, 0.1) is 0 Å². The lowest BCUT2D eigenvalue weighted by Gasteiger charge is -2.26. The summed E-state index contributed by atoms with van der Waals surface area (Å²) >= 11 is 0. The van der Waals surface area contributed by atoms with Gasteiger partial charge in [-0.2, -0.15) is 0 Å². The summed E-state index contributed by atoms with van der Waals surface area (Å²) in [6.45, 7) is 9.32. The summed E-state index contributed by atoms with van der Waals surface area (Å²) in [7, 11) is 0. The van der Waals surface area contributed by atoms with Crippen molar-refractivity contribution >= 4 is 40.6 Å². The van der Waals surface area contributed by atoms with Crippen molar-refractivity contribution in [3.8, 4) is 0 Å². The van der Waals surface area contributed by atoms with Crippen molar-refractivity contribution < 1.29 is 19.1 Å². The molecule has 0 unspecified atom stereocenters. The molecular formula is C43H39NO4. The van der Waals surface area contributed by atoms with Gasteiger partial charge < -0.3 is 14.4 Å². The van der Waals surface area contributed by atoms with Crippen LogP contribution in [-0.4, -0.2) is 25.2 Å². The normalized spacial score (nSPS) is 10.4. The summed E-state index contributed by atoms with van der Waals surface area (Å²) in [5.41, 5.74) is 10.0. The molecule has 240 valence electrons. The van der Waals surface area contributed by atoms with E-state index in [1.807, 2.05) is 12.1 Å². The van der Waals surface area contributed by atoms with Crippen molar-refractivity contribution in [1.29, 1.82) is 0 Å². The molecule has 0 fully saturated rings. The second kappa shape index (κ2) is 16.6. The Balaban J connectivity index is 1.43. The van der Waals surface area contributed by atoms with Crippen molar-refractivity contribution in [2.75, 3.05) is 18.1 Å². The van der Waals surface area contributed by atoms with Gasteiger partial charge in [0.2, 0.25) is 0 Å². The first kappa shape index (κ1) is 33.4. The maximum absolute atomic E-state index is 11.8. The first-order valence-electron chi connectivity index (χ1n) is 15.9. The van der Waals surface area contributed by atoms with Gasteiger partial charge in [0, 0.05) is 41.6 Å². The minimum atomic E-state index is -0.423. The third-order valence-electron chi connectivity index (χ3n) is 7.80. The Morgan fingerprint density at radius 1 is 0.625 bits per heavy atom. The number of hydrogen-bond acceptors (Lipinski definition) is 5. The zero-order valence-electron chi connectivity index (χ0n) is 27.2. The van der Waals surface area contributed by atoms with E-state index in [1.165, 1.54) is 6.08 Å². The lowest BCUT2D eigenvalue weighted by Crippen LogP contribution is -2.11. The molecule has 5 nitrogen and oxygen atoms in total. The maximum Gasteiger partial charge on any atom is 0.333 e. The summed E-state index contributed by atoms with van der Waals surface area (Å²) in [5.74, 6) is -0.800. The Labute approximate surface area is 283 Å². The molecule has 0 saturated carbocycles. The fraction of sp³-hybridized carbons (Fsp3) is 0.116. The van der Waals surface area contributed by atoms with Crippen LogP contribution in [-0.2, 0) is 31.9 Å². The van der Waals surface area contributed by atoms with Crippen LogP contribution >= 0.6 is 0 Å². The first-order valence-corrected chi connectivity index (χ1v) is 15.9. The number of benzene rings is 5. The van der Waals surface area contributed by atoms with Crippen LogP contribution in [0.15, 0.2) is 158 Å². The van der Waals surface area contributed by atoms with Gasteiger partial charge in [-0.25, -0.2) is 9.59 Å². The van der Waals surface area contributed by atoms with Crippen molar-refractivity contribution in [1.82, 2.24) is 0 Å². The number of carbonyl (C=O) groups is 2. The smallest absolute Gasteiger partial charge is 0.333 e. The third-order valence-corrected chi connectivity index (χ3v) is 7.80. The van der Waals surface area contributed by atoms with Crippen molar-refractivity contribution in [2.24, 2.45) is 0 Å². The molecule has 0 N–H and O–H groups in total. The van der Waals surface area contributed by atoms with Gasteiger partial charge in [-0.05, 0) is 82.8 Å². The molecule has 5 aromatic carbocycles. The average molecular weight is 634 g/mol. The highest BCUT2D eigenvalue weighted by molar-refractivity contribution is 5.92. The van der Waals surface area contributed by atoms with Crippen molar-refractivity contribution in [3.05, 3.63) is 186 Å². The predicted molar refractivity (Wildman–Crippen MR) is 195 cm³/mol. The van der Waals surface area contributed by atoms with Gasteiger partial charge in [0.05, 0.1) is 13.2 Å². The van der Waals surface area contributed by atoms with E-state index in [0.717, 1.165) is 50.5 Å².